The van der Waals surface area contributed by atoms with Crippen molar-refractivity contribution in [3.05, 3.63) is 41.0 Å². The maximum absolute atomic E-state index is 12.5. The molecule has 1 fully saturated rings. The Balaban J connectivity index is 1.86. The Bertz CT molecular complexity index is 863. The molecule has 3 rings (SSSR count). The van der Waals surface area contributed by atoms with E-state index < -0.39 is 17.2 Å². The molecule has 0 bridgehead atoms. The molecule has 138 valence electrons. The Labute approximate surface area is 157 Å². The summed E-state index contributed by atoms with van der Waals surface area (Å²) in [5.74, 6) is -0.197. The highest BCUT2D eigenvalue weighted by atomic mass is 35.5. The standard InChI is InChI=1S/C19H22ClN3O3/c1-18(2,3)26-17(25)23-19(8-9-21-16(19)24)11-12-4-6-14-13(10-12)5-7-15(20)22-14/h4-7,10H,8-9,11H2,1-3H3,(H,21,24)(H,23,25)/t19-/m1/s1. The van der Waals surface area contributed by atoms with Crippen LogP contribution in [0.15, 0.2) is 30.3 Å². The van der Waals surface area contributed by atoms with Gasteiger partial charge in [-0.1, -0.05) is 17.7 Å². The molecule has 2 aromatic rings. The molecule has 1 saturated heterocycles. The summed E-state index contributed by atoms with van der Waals surface area (Å²) in [6, 6.07) is 9.34. The van der Waals surface area contributed by atoms with Gasteiger partial charge in [0.2, 0.25) is 5.91 Å². The lowest BCUT2D eigenvalue weighted by atomic mass is 9.88. The fourth-order valence-electron chi connectivity index (χ4n) is 3.11. The molecule has 0 aliphatic carbocycles. The van der Waals surface area contributed by atoms with Gasteiger partial charge in [0.05, 0.1) is 5.52 Å². The van der Waals surface area contributed by atoms with Crippen molar-refractivity contribution in [2.45, 2.75) is 44.8 Å². The summed E-state index contributed by atoms with van der Waals surface area (Å²) in [5.41, 5.74) is 0.0606. The first-order valence-electron chi connectivity index (χ1n) is 8.52. The number of rotatable bonds is 3. The lowest BCUT2D eigenvalue weighted by Gasteiger charge is -2.29. The minimum absolute atomic E-state index is 0.197. The van der Waals surface area contributed by atoms with Gasteiger partial charge in [0.25, 0.3) is 0 Å². The van der Waals surface area contributed by atoms with E-state index >= 15 is 0 Å². The molecule has 1 atom stereocenters. The monoisotopic (exact) mass is 375 g/mol. The smallest absolute Gasteiger partial charge is 0.408 e. The molecule has 1 aliphatic rings. The number of aromatic nitrogens is 1. The molecule has 0 saturated carbocycles. The van der Waals surface area contributed by atoms with Crippen LogP contribution in [0, 0.1) is 0 Å². The third-order valence-electron chi connectivity index (χ3n) is 4.24. The Kier molecular flexibility index (Phi) is 4.80. The summed E-state index contributed by atoms with van der Waals surface area (Å²) >= 11 is 5.92. The number of ether oxygens (including phenoxy) is 1. The van der Waals surface area contributed by atoms with Crippen LogP contribution in [0.1, 0.15) is 32.8 Å². The first-order valence-corrected chi connectivity index (χ1v) is 8.89. The van der Waals surface area contributed by atoms with Crippen molar-refractivity contribution < 1.29 is 14.3 Å². The number of pyridine rings is 1. The van der Waals surface area contributed by atoms with Gasteiger partial charge in [0, 0.05) is 18.4 Å². The fraction of sp³-hybridized carbons (Fsp3) is 0.421. The molecule has 1 aromatic heterocycles. The summed E-state index contributed by atoms with van der Waals surface area (Å²) in [7, 11) is 0. The zero-order valence-electron chi connectivity index (χ0n) is 15.1. The number of halogens is 1. The van der Waals surface area contributed by atoms with Gasteiger partial charge in [-0.15, -0.1) is 0 Å². The van der Waals surface area contributed by atoms with E-state index in [4.69, 9.17) is 16.3 Å². The van der Waals surface area contributed by atoms with E-state index in [9.17, 15) is 9.59 Å². The molecular weight excluding hydrogens is 354 g/mol. The lowest BCUT2D eigenvalue weighted by molar-refractivity contribution is -0.124. The second kappa shape index (κ2) is 6.76. The number of hydrogen-bond donors (Lipinski definition) is 2. The van der Waals surface area contributed by atoms with Gasteiger partial charge < -0.3 is 15.4 Å². The van der Waals surface area contributed by atoms with E-state index in [0.717, 1.165) is 16.5 Å². The van der Waals surface area contributed by atoms with Crippen molar-refractivity contribution >= 4 is 34.5 Å². The molecule has 1 aliphatic heterocycles. The van der Waals surface area contributed by atoms with E-state index in [-0.39, 0.29) is 5.91 Å². The highest BCUT2D eigenvalue weighted by Crippen LogP contribution is 2.25. The predicted octanol–water partition coefficient (Wildman–Crippen LogP) is 3.21. The summed E-state index contributed by atoms with van der Waals surface area (Å²) in [6.45, 7) is 5.87. The summed E-state index contributed by atoms with van der Waals surface area (Å²) in [4.78, 5) is 29.0. The van der Waals surface area contributed by atoms with Crippen LogP contribution in [-0.4, -0.2) is 34.7 Å². The van der Waals surface area contributed by atoms with Crippen molar-refractivity contribution in [1.29, 1.82) is 0 Å². The van der Waals surface area contributed by atoms with Crippen molar-refractivity contribution in [3.63, 3.8) is 0 Å². The van der Waals surface area contributed by atoms with E-state index in [0.29, 0.717) is 24.5 Å². The van der Waals surface area contributed by atoms with Gasteiger partial charge in [0.15, 0.2) is 0 Å². The lowest BCUT2D eigenvalue weighted by Crippen LogP contribution is -2.56. The van der Waals surface area contributed by atoms with Crippen LogP contribution in [0.2, 0.25) is 5.15 Å². The fourth-order valence-corrected chi connectivity index (χ4v) is 3.27. The molecule has 2 amide bonds. The molecule has 7 heteroatoms. The number of hydrogen-bond acceptors (Lipinski definition) is 4. The molecule has 2 N–H and O–H groups in total. The van der Waals surface area contributed by atoms with Gasteiger partial charge in [-0.05, 0) is 57.0 Å². The number of carbonyl (C=O) groups is 2. The quantitative estimate of drug-likeness (QED) is 0.807. The number of amides is 2. The van der Waals surface area contributed by atoms with Gasteiger partial charge >= 0.3 is 6.09 Å². The Hall–Kier alpha value is -2.34. The summed E-state index contributed by atoms with van der Waals surface area (Å²) < 4.78 is 5.34. The Morgan fingerprint density at radius 2 is 2.12 bits per heavy atom. The van der Waals surface area contributed by atoms with Crippen LogP contribution >= 0.6 is 11.6 Å². The Morgan fingerprint density at radius 3 is 2.77 bits per heavy atom. The molecule has 0 spiro atoms. The van der Waals surface area contributed by atoms with E-state index in [1.807, 2.05) is 24.3 Å². The van der Waals surface area contributed by atoms with E-state index in [1.165, 1.54) is 0 Å². The van der Waals surface area contributed by atoms with Crippen molar-refractivity contribution in [2.75, 3.05) is 6.54 Å². The molecule has 6 nitrogen and oxygen atoms in total. The van der Waals surface area contributed by atoms with Gasteiger partial charge in [-0.3, -0.25) is 4.79 Å². The first kappa shape index (κ1) is 18.5. The third kappa shape index (κ3) is 4.07. The molecule has 26 heavy (non-hydrogen) atoms. The van der Waals surface area contributed by atoms with Gasteiger partial charge in [0.1, 0.15) is 16.3 Å². The molecule has 2 heterocycles. The van der Waals surface area contributed by atoms with Crippen molar-refractivity contribution in [3.8, 4) is 0 Å². The van der Waals surface area contributed by atoms with Crippen LogP contribution in [0.25, 0.3) is 10.9 Å². The minimum Gasteiger partial charge on any atom is -0.444 e. The highest BCUT2D eigenvalue weighted by molar-refractivity contribution is 6.29. The number of fused-ring (bicyclic) bond motifs is 1. The highest BCUT2D eigenvalue weighted by Gasteiger charge is 2.44. The summed E-state index contributed by atoms with van der Waals surface area (Å²) in [6.07, 6.45) is 0.280. The third-order valence-corrected chi connectivity index (χ3v) is 4.45. The number of carbonyl (C=O) groups excluding carboxylic acids is 2. The minimum atomic E-state index is -1.02. The van der Waals surface area contributed by atoms with Crippen molar-refractivity contribution in [2.24, 2.45) is 0 Å². The topological polar surface area (TPSA) is 80.3 Å². The van der Waals surface area contributed by atoms with E-state index in [2.05, 4.69) is 15.6 Å². The van der Waals surface area contributed by atoms with Crippen LogP contribution in [-0.2, 0) is 16.0 Å². The largest absolute Gasteiger partial charge is 0.444 e. The Morgan fingerprint density at radius 1 is 1.35 bits per heavy atom. The van der Waals surface area contributed by atoms with Crippen LogP contribution in [0.4, 0.5) is 4.79 Å². The second-order valence-corrected chi connectivity index (χ2v) is 7.94. The molecule has 0 unspecified atom stereocenters. The number of benzene rings is 1. The maximum atomic E-state index is 12.5. The van der Waals surface area contributed by atoms with Crippen LogP contribution < -0.4 is 10.6 Å². The first-order chi connectivity index (χ1) is 12.2. The van der Waals surface area contributed by atoms with Gasteiger partial charge in [-0.2, -0.15) is 0 Å². The summed E-state index contributed by atoms with van der Waals surface area (Å²) in [5, 5.41) is 6.96. The van der Waals surface area contributed by atoms with Crippen LogP contribution in [0.5, 0.6) is 0 Å². The average molecular weight is 376 g/mol. The van der Waals surface area contributed by atoms with Crippen molar-refractivity contribution in [1.82, 2.24) is 15.6 Å². The number of alkyl carbamates (subject to hydrolysis) is 1. The predicted molar refractivity (Wildman–Crippen MR) is 100 cm³/mol. The SMILES string of the molecule is CC(C)(C)OC(=O)N[C@@]1(Cc2ccc3nc(Cl)ccc3c2)CCNC1=O. The van der Waals surface area contributed by atoms with Crippen LogP contribution in [0.3, 0.4) is 0 Å². The molecular formula is C19H22ClN3O3. The van der Waals surface area contributed by atoms with Gasteiger partial charge in [-0.25, -0.2) is 9.78 Å². The zero-order valence-corrected chi connectivity index (χ0v) is 15.8. The normalized spacial score (nSPS) is 20.1. The zero-order chi connectivity index (χ0) is 18.9. The second-order valence-electron chi connectivity index (χ2n) is 7.55. The maximum Gasteiger partial charge on any atom is 0.408 e. The molecule has 1 aromatic carbocycles. The average Bonchev–Trinajstić information content (AvgIpc) is 2.86. The number of nitrogens with zero attached hydrogens (tertiary/aromatic N) is 1. The van der Waals surface area contributed by atoms with E-state index in [1.54, 1.807) is 26.8 Å². The number of nitrogens with one attached hydrogen (secondary N) is 2. The molecule has 0 radical (unpaired) electrons.